The van der Waals surface area contributed by atoms with Crippen molar-refractivity contribution < 1.29 is 14.0 Å². The van der Waals surface area contributed by atoms with Crippen molar-refractivity contribution in [2.45, 2.75) is 18.1 Å². The molecule has 0 spiro atoms. The van der Waals surface area contributed by atoms with Gasteiger partial charge in [-0.2, -0.15) is 0 Å². The number of rotatable bonds is 7. The first-order valence-corrected chi connectivity index (χ1v) is 9.92. The number of carbonyl (C=O) groups is 2. The van der Waals surface area contributed by atoms with Crippen molar-refractivity contribution in [1.29, 1.82) is 0 Å². The number of halogens is 1. The van der Waals surface area contributed by atoms with Crippen LogP contribution in [0.1, 0.15) is 15.9 Å². The Morgan fingerprint density at radius 1 is 1.24 bits per heavy atom. The average molecular weight is 408 g/mol. The van der Waals surface area contributed by atoms with Crippen LogP contribution in [0.4, 0.5) is 10.1 Å². The van der Waals surface area contributed by atoms with E-state index >= 15 is 0 Å². The Morgan fingerprint density at radius 2 is 2.03 bits per heavy atom. The smallest absolute Gasteiger partial charge is 0.228 e. The molecular formula is C21H17FN4O2S. The van der Waals surface area contributed by atoms with Gasteiger partial charge in [0.2, 0.25) is 5.91 Å². The Labute approximate surface area is 170 Å². The number of thioether (sulfide) groups is 1. The zero-order valence-electron chi connectivity index (χ0n) is 15.4. The summed E-state index contributed by atoms with van der Waals surface area (Å²) in [7, 11) is 0. The Bertz CT molecular complexity index is 1110. The number of nitrogens with zero attached hydrogens (tertiary/aromatic N) is 3. The van der Waals surface area contributed by atoms with Gasteiger partial charge in [0.05, 0.1) is 12.2 Å². The molecule has 1 N–H and O–H groups in total. The predicted molar refractivity (Wildman–Crippen MR) is 109 cm³/mol. The summed E-state index contributed by atoms with van der Waals surface area (Å²) in [6.45, 7) is 4.22. The molecule has 0 bridgehead atoms. The fourth-order valence-corrected chi connectivity index (χ4v) is 3.96. The molecule has 6 nitrogen and oxygen atoms in total. The molecule has 1 amide bonds. The number of nitrogens with one attached hydrogen (secondary N) is 1. The highest BCUT2D eigenvalue weighted by molar-refractivity contribution is 7.99. The van der Waals surface area contributed by atoms with Crippen LogP contribution in [0.5, 0.6) is 0 Å². The van der Waals surface area contributed by atoms with Gasteiger partial charge in [-0.05, 0) is 48.0 Å². The molecule has 1 aromatic heterocycles. The van der Waals surface area contributed by atoms with Gasteiger partial charge in [-0.3, -0.25) is 14.2 Å². The molecule has 0 fully saturated rings. The van der Waals surface area contributed by atoms with Crippen molar-refractivity contribution in [2.75, 3.05) is 11.1 Å². The second-order valence-electron chi connectivity index (χ2n) is 6.52. The number of amides is 1. The van der Waals surface area contributed by atoms with E-state index < -0.39 is 0 Å². The largest absolute Gasteiger partial charge is 0.326 e. The zero-order chi connectivity index (χ0) is 20.4. The molecule has 1 aliphatic rings. The maximum absolute atomic E-state index is 13.2. The summed E-state index contributed by atoms with van der Waals surface area (Å²) >= 11 is 1.28. The van der Waals surface area contributed by atoms with Gasteiger partial charge in [0.1, 0.15) is 5.82 Å². The van der Waals surface area contributed by atoms with Gasteiger partial charge in [-0.1, -0.05) is 17.8 Å². The van der Waals surface area contributed by atoms with Crippen molar-refractivity contribution >= 4 is 29.1 Å². The summed E-state index contributed by atoms with van der Waals surface area (Å²) < 4.78 is 15.0. The van der Waals surface area contributed by atoms with E-state index in [-0.39, 0.29) is 29.7 Å². The lowest BCUT2D eigenvalue weighted by Crippen LogP contribution is -2.06. The summed E-state index contributed by atoms with van der Waals surface area (Å²) in [6, 6.07) is 11.2. The van der Waals surface area contributed by atoms with E-state index in [2.05, 4.69) is 22.1 Å². The lowest BCUT2D eigenvalue weighted by atomic mass is 10.1. The van der Waals surface area contributed by atoms with Gasteiger partial charge in [0, 0.05) is 23.4 Å². The zero-order valence-corrected chi connectivity index (χ0v) is 16.2. The highest BCUT2D eigenvalue weighted by Gasteiger charge is 2.20. The van der Waals surface area contributed by atoms with Crippen molar-refractivity contribution in [3.63, 3.8) is 0 Å². The number of hydrogen-bond donors (Lipinski definition) is 1. The van der Waals surface area contributed by atoms with Crippen LogP contribution in [0.15, 0.2) is 60.3 Å². The van der Waals surface area contributed by atoms with E-state index in [4.69, 9.17) is 0 Å². The fourth-order valence-electron chi connectivity index (χ4n) is 3.12. The highest BCUT2D eigenvalue weighted by atomic mass is 32.2. The number of allylic oxidation sites excluding steroid dienone is 1. The number of ketones is 1. The lowest BCUT2D eigenvalue weighted by molar-refractivity contribution is -0.115. The van der Waals surface area contributed by atoms with Gasteiger partial charge in [-0.25, -0.2) is 4.39 Å². The Hall–Kier alpha value is -3.26. The quantitative estimate of drug-likeness (QED) is 0.366. The first kappa shape index (κ1) is 19.1. The molecule has 4 rings (SSSR count). The molecule has 0 unspecified atom stereocenters. The third-order valence-corrected chi connectivity index (χ3v) is 5.48. The Morgan fingerprint density at radius 3 is 2.79 bits per heavy atom. The van der Waals surface area contributed by atoms with Crippen LogP contribution in [-0.4, -0.2) is 32.2 Å². The number of anilines is 1. The fraction of sp³-hybridized carbons (Fsp3) is 0.143. The summed E-state index contributed by atoms with van der Waals surface area (Å²) in [5, 5.41) is 11.7. The third-order valence-electron chi connectivity index (χ3n) is 4.52. The molecule has 8 heteroatoms. The molecule has 29 heavy (non-hydrogen) atoms. The van der Waals surface area contributed by atoms with Gasteiger partial charge in [0.15, 0.2) is 16.8 Å². The van der Waals surface area contributed by atoms with Gasteiger partial charge < -0.3 is 5.32 Å². The van der Waals surface area contributed by atoms with E-state index in [1.165, 1.54) is 23.9 Å². The van der Waals surface area contributed by atoms with E-state index in [0.29, 0.717) is 23.1 Å². The Kier molecular flexibility index (Phi) is 5.26. The molecule has 2 aromatic carbocycles. The van der Waals surface area contributed by atoms with E-state index in [1.54, 1.807) is 36.4 Å². The number of aromatic nitrogens is 3. The van der Waals surface area contributed by atoms with Crippen LogP contribution in [0.2, 0.25) is 0 Å². The SMILES string of the molecule is C=CCn1c(SCC(=O)c2ccc3c(c2)CC(=O)N3)nnc1-c1ccc(F)cc1. The number of benzene rings is 2. The van der Waals surface area contributed by atoms with Crippen LogP contribution in [0.25, 0.3) is 11.4 Å². The summed E-state index contributed by atoms with van der Waals surface area (Å²) in [4.78, 5) is 24.1. The monoisotopic (exact) mass is 408 g/mol. The maximum atomic E-state index is 13.2. The summed E-state index contributed by atoms with van der Waals surface area (Å²) in [6.07, 6.45) is 2.01. The standard InChI is InChI=1S/C21H17FN4O2S/c1-2-9-26-20(13-3-6-16(22)7-4-13)24-25-21(26)29-12-18(27)14-5-8-17-15(10-14)11-19(28)23-17/h2-8,10H,1,9,11-12H2,(H,23,28). The van der Waals surface area contributed by atoms with E-state index in [9.17, 15) is 14.0 Å². The molecular weight excluding hydrogens is 391 g/mol. The highest BCUT2D eigenvalue weighted by Crippen LogP contribution is 2.27. The molecule has 0 aliphatic carbocycles. The normalized spacial score (nSPS) is 12.5. The molecule has 0 saturated carbocycles. The van der Waals surface area contributed by atoms with Crippen LogP contribution in [-0.2, 0) is 17.8 Å². The molecule has 3 aromatic rings. The van der Waals surface area contributed by atoms with Crippen LogP contribution in [0.3, 0.4) is 0 Å². The topological polar surface area (TPSA) is 76.9 Å². The van der Waals surface area contributed by atoms with Crippen LogP contribution < -0.4 is 5.32 Å². The molecule has 0 atom stereocenters. The number of hydrogen-bond acceptors (Lipinski definition) is 5. The molecule has 0 radical (unpaired) electrons. The maximum Gasteiger partial charge on any atom is 0.228 e. The van der Waals surface area contributed by atoms with Crippen LogP contribution >= 0.6 is 11.8 Å². The van der Waals surface area contributed by atoms with E-state index in [1.807, 2.05) is 4.57 Å². The van der Waals surface area contributed by atoms with E-state index in [0.717, 1.165) is 16.8 Å². The minimum absolute atomic E-state index is 0.0614. The predicted octanol–water partition coefficient (Wildman–Crippen LogP) is 3.74. The van der Waals surface area contributed by atoms with Crippen molar-refractivity contribution in [1.82, 2.24) is 14.8 Å². The van der Waals surface area contributed by atoms with Crippen molar-refractivity contribution in [3.05, 3.63) is 72.1 Å². The molecule has 1 aliphatic heterocycles. The van der Waals surface area contributed by atoms with Crippen molar-refractivity contribution in [3.8, 4) is 11.4 Å². The first-order chi connectivity index (χ1) is 14.0. The summed E-state index contributed by atoms with van der Waals surface area (Å²) in [5.41, 5.74) is 2.88. The molecule has 0 saturated heterocycles. The van der Waals surface area contributed by atoms with Gasteiger partial charge in [-0.15, -0.1) is 16.8 Å². The van der Waals surface area contributed by atoms with Gasteiger partial charge in [0.25, 0.3) is 0 Å². The van der Waals surface area contributed by atoms with Crippen LogP contribution in [0, 0.1) is 5.82 Å². The number of Topliss-reactive ketones (excluding diaryl/α,β-unsaturated/α-hetero) is 1. The minimum atomic E-state index is -0.324. The molecule has 2 heterocycles. The number of fused-ring (bicyclic) bond motifs is 1. The first-order valence-electron chi connectivity index (χ1n) is 8.94. The number of carbonyl (C=O) groups excluding carboxylic acids is 2. The Balaban J connectivity index is 1.52. The second-order valence-corrected chi connectivity index (χ2v) is 7.46. The lowest BCUT2D eigenvalue weighted by Gasteiger charge is -2.08. The summed E-state index contributed by atoms with van der Waals surface area (Å²) in [5.74, 6) is 0.314. The molecule has 146 valence electrons. The average Bonchev–Trinajstić information content (AvgIpc) is 3.28. The third kappa shape index (κ3) is 3.97. The van der Waals surface area contributed by atoms with Crippen molar-refractivity contribution in [2.24, 2.45) is 0 Å². The van der Waals surface area contributed by atoms with Gasteiger partial charge >= 0.3 is 0 Å². The minimum Gasteiger partial charge on any atom is -0.326 e. The second kappa shape index (κ2) is 8.00.